The van der Waals surface area contributed by atoms with Crippen LogP contribution in [0.2, 0.25) is 0 Å². The maximum absolute atomic E-state index is 5.57. The SMILES string of the molecule is CCN(Cc1ccccc1)c1ccc(C(N)=S)cn1. The van der Waals surface area contributed by atoms with E-state index in [0.717, 1.165) is 24.5 Å². The average molecular weight is 271 g/mol. The molecule has 1 heterocycles. The highest BCUT2D eigenvalue weighted by molar-refractivity contribution is 7.80. The Labute approximate surface area is 119 Å². The lowest BCUT2D eigenvalue weighted by molar-refractivity contribution is 0.814. The van der Waals surface area contributed by atoms with Gasteiger partial charge in [0, 0.05) is 24.8 Å². The lowest BCUT2D eigenvalue weighted by atomic mass is 10.2. The smallest absolute Gasteiger partial charge is 0.128 e. The lowest BCUT2D eigenvalue weighted by Gasteiger charge is -2.22. The summed E-state index contributed by atoms with van der Waals surface area (Å²) in [6, 6.07) is 14.2. The minimum Gasteiger partial charge on any atom is -0.389 e. The molecule has 0 fully saturated rings. The zero-order valence-electron chi connectivity index (χ0n) is 10.9. The van der Waals surface area contributed by atoms with Gasteiger partial charge in [-0.2, -0.15) is 0 Å². The lowest BCUT2D eigenvalue weighted by Crippen LogP contribution is -2.23. The molecule has 0 aliphatic heterocycles. The third kappa shape index (κ3) is 3.51. The fourth-order valence-corrected chi connectivity index (χ4v) is 2.00. The highest BCUT2D eigenvalue weighted by atomic mass is 32.1. The minimum atomic E-state index is 0.380. The molecule has 2 aromatic rings. The molecule has 1 aromatic carbocycles. The van der Waals surface area contributed by atoms with E-state index in [0.29, 0.717) is 4.99 Å². The van der Waals surface area contributed by atoms with Crippen LogP contribution >= 0.6 is 12.2 Å². The zero-order chi connectivity index (χ0) is 13.7. The number of aromatic nitrogens is 1. The molecule has 1 aromatic heterocycles. The summed E-state index contributed by atoms with van der Waals surface area (Å²) in [7, 11) is 0. The molecular formula is C15H17N3S. The third-order valence-corrected chi connectivity index (χ3v) is 3.19. The Morgan fingerprint density at radius 1 is 1.21 bits per heavy atom. The number of anilines is 1. The quantitative estimate of drug-likeness (QED) is 0.849. The fraction of sp³-hybridized carbons (Fsp3) is 0.200. The second kappa shape index (κ2) is 6.29. The first-order valence-corrected chi connectivity index (χ1v) is 6.66. The number of nitrogens with zero attached hydrogens (tertiary/aromatic N) is 2. The second-order valence-corrected chi connectivity index (χ2v) is 4.71. The second-order valence-electron chi connectivity index (χ2n) is 4.27. The van der Waals surface area contributed by atoms with Gasteiger partial charge < -0.3 is 10.6 Å². The normalized spacial score (nSPS) is 10.2. The average Bonchev–Trinajstić information content (AvgIpc) is 2.46. The van der Waals surface area contributed by atoms with Crippen molar-refractivity contribution in [3.63, 3.8) is 0 Å². The molecule has 19 heavy (non-hydrogen) atoms. The van der Waals surface area contributed by atoms with E-state index in [9.17, 15) is 0 Å². The Hall–Kier alpha value is -1.94. The number of thiocarbonyl (C=S) groups is 1. The van der Waals surface area contributed by atoms with Crippen molar-refractivity contribution in [3.8, 4) is 0 Å². The molecule has 2 N–H and O–H groups in total. The third-order valence-electron chi connectivity index (χ3n) is 2.95. The maximum atomic E-state index is 5.57. The Kier molecular flexibility index (Phi) is 4.47. The van der Waals surface area contributed by atoms with Crippen LogP contribution in [-0.4, -0.2) is 16.5 Å². The fourth-order valence-electron chi connectivity index (χ4n) is 1.88. The van der Waals surface area contributed by atoms with Gasteiger partial charge in [-0.05, 0) is 24.6 Å². The van der Waals surface area contributed by atoms with E-state index in [2.05, 4.69) is 28.9 Å². The van der Waals surface area contributed by atoms with Crippen molar-refractivity contribution in [2.75, 3.05) is 11.4 Å². The van der Waals surface area contributed by atoms with Crippen LogP contribution in [0, 0.1) is 0 Å². The Morgan fingerprint density at radius 2 is 1.95 bits per heavy atom. The molecule has 0 amide bonds. The molecule has 0 aliphatic carbocycles. The minimum absolute atomic E-state index is 0.380. The van der Waals surface area contributed by atoms with Crippen molar-refractivity contribution >= 4 is 23.0 Å². The predicted octanol–water partition coefficient (Wildman–Crippen LogP) is 2.74. The molecule has 4 heteroatoms. The summed E-state index contributed by atoms with van der Waals surface area (Å²) in [4.78, 5) is 7.01. The Balaban J connectivity index is 2.15. The molecule has 0 unspecified atom stereocenters. The number of hydrogen-bond donors (Lipinski definition) is 1. The van der Waals surface area contributed by atoms with Crippen LogP contribution in [0.5, 0.6) is 0 Å². The zero-order valence-corrected chi connectivity index (χ0v) is 11.7. The molecule has 2 rings (SSSR count). The van der Waals surface area contributed by atoms with E-state index in [1.165, 1.54) is 5.56 Å². The number of nitrogens with two attached hydrogens (primary N) is 1. The van der Waals surface area contributed by atoms with Crippen molar-refractivity contribution in [2.45, 2.75) is 13.5 Å². The largest absolute Gasteiger partial charge is 0.389 e. The topological polar surface area (TPSA) is 42.1 Å². The Bertz CT molecular complexity index is 537. The van der Waals surface area contributed by atoms with Gasteiger partial charge in [0.2, 0.25) is 0 Å². The van der Waals surface area contributed by atoms with Gasteiger partial charge in [0.25, 0.3) is 0 Å². The van der Waals surface area contributed by atoms with Gasteiger partial charge in [0.15, 0.2) is 0 Å². The number of rotatable bonds is 5. The van der Waals surface area contributed by atoms with Crippen LogP contribution in [0.15, 0.2) is 48.7 Å². The van der Waals surface area contributed by atoms with Crippen LogP contribution in [0.3, 0.4) is 0 Å². The molecule has 0 saturated heterocycles. The highest BCUT2D eigenvalue weighted by Gasteiger charge is 2.07. The molecule has 0 atom stereocenters. The van der Waals surface area contributed by atoms with Gasteiger partial charge in [-0.1, -0.05) is 42.5 Å². The molecule has 0 bridgehead atoms. The molecule has 0 aliphatic rings. The summed E-state index contributed by atoms with van der Waals surface area (Å²) >= 11 is 4.93. The number of pyridine rings is 1. The van der Waals surface area contributed by atoms with Gasteiger partial charge in [0.1, 0.15) is 10.8 Å². The molecular weight excluding hydrogens is 254 g/mol. The van der Waals surface area contributed by atoms with E-state index in [1.807, 2.05) is 30.3 Å². The number of hydrogen-bond acceptors (Lipinski definition) is 3. The van der Waals surface area contributed by atoms with Crippen LogP contribution in [0.4, 0.5) is 5.82 Å². The summed E-state index contributed by atoms with van der Waals surface area (Å²) in [6.07, 6.45) is 1.73. The van der Waals surface area contributed by atoms with Crippen LogP contribution in [0.25, 0.3) is 0 Å². The standard InChI is InChI=1S/C15H17N3S/c1-2-18(11-12-6-4-3-5-7-12)14-9-8-13(10-17-14)15(16)19/h3-10H,2,11H2,1H3,(H2,16,19). The summed E-state index contributed by atoms with van der Waals surface area (Å²) in [5, 5.41) is 0. The van der Waals surface area contributed by atoms with E-state index in [1.54, 1.807) is 6.20 Å². The van der Waals surface area contributed by atoms with E-state index < -0.39 is 0 Å². The molecule has 3 nitrogen and oxygen atoms in total. The van der Waals surface area contributed by atoms with Gasteiger partial charge >= 0.3 is 0 Å². The van der Waals surface area contributed by atoms with Crippen molar-refractivity contribution < 1.29 is 0 Å². The van der Waals surface area contributed by atoms with E-state index >= 15 is 0 Å². The van der Waals surface area contributed by atoms with Crippen LogP contribution in [-0.2, 0) is 6.54 Å². The summed E-state index contributed by atoms with van der Waals surface area (Å²) in [5.41, 5.74) is 7.64. The molecule has 98 valence electrons. The van der Waals surface area contributed by atoms with E-state index in [4.69, 9.17) is 18.0 Å². The predicted molar refractivity (Wildman–Crippen MR) is 83.3 cm³/mol. The van der Waals surface area contributed by atoms with Crippen molar-refractivity contribution in [1.82, 2.24) is 4.98 Å². The Morgan fingerprint density at radius 3 is 2.47 bits per heavy atom. The highest BCUT2D eigenvalue weighted by Crippen LogP contribution is 2.14. The van der Waals surface area contributed by atoms with Gasteiger partial charge in [-0.25, -0.2) is 4.98 Å². The van der Waals surface area contributed by atoms with Crippen molar-refractivity contribution in [3.05, 3.63) is 59.8 Å². The van der Waals surface area contributed by atoms with Gasteiger partial charge in [-0.15, -0.1) is 0 Å². The maximum Gasteiger partial charge on any atom is 0.128 e. The van der Waals surface area contributed by atoms with E-state index in [-0.39, 0.29) is 0 Å². The van der Waals surface area contributed by atoms with Crippen LogP contribution < -0.4 is 10.6 Å². The van der Waals surface area contributed by atoms with Crippen molar-refractivity contribution in [1.29, 1.82) is 0 Å². The van der Waals surface area contributed by atoms with Crippen molar-refractivity contribution in [2.24, 2.45) is 5.73 Å². The molecule has 0 saturated carbocycles. The first-order chi connectivity index (χ1) is 9.20. The monoisotopic (exact) mass is 271 g/mol. The molecule has 0 radical (unpaired) electrons. The van der Waals surface area contributed by atoms with Gasteiger partial charge in [0.05, 0.1) is 0 Å². The first-order valence-electron chi connectivity index (χ1n) is 6.25. The number of benzene rings is 1. The summed E-state index contributed by atoms with van der Waals surface area (Å²) < 4.78 is 0. The first kappa shape index (κ1) is 13.5. The summed E-state index contributed by atoms with van der Waals surface area (Å²) in [5.74, 6) is 0.936. The van der Waals surface area contributed by atoms with Gasteiger partial charge in [-0.3, -0.25) is 0 Å². The van der Waals surface area contributed by atoms with Crippen LogP contribution in [0.1, 0.15) is 18.1 Å². The summed E-state index contributed by atoms with van der Waals surface area (Å²) in [6.45, 7) is 3.86. The molecule has 0 spiro atoms.